The molecule has 0 saturated carbocycles. The molecule has 2 unspecified atom stereocenters. The van der Waals surface area contributed by atoms with Crippen molar-refractivity contribution in [3.8, 4) is 10.7 Å². The fourth-order valence-electron chi connectivity index (χ4n) is 7.08. The van der Waals surface area contributed by atoms with E-state index in [0.717, 1.165) is 48.8 Å². The number of halogens is 14. The van der Waals surface area contributed by atoms with Crippen LogP contribution in [-0.2, 0) is 24.7 Å². The van der Waals surface area contributed by atoms with E-state index in [2.05, 4.69) is 134 Å². The van der Waals surface area contributed by atoms with E-state index in [-0.39, 0.29) is 33.9 Å². The second kappa shape index (κ2) is 34.8. The Morgan fingerprint density at radius 3 is 1.26 bits per heavy atom. The number of hydrogen-bond donors (Lipinski definition) is 2. The van der Waals surface area contributed by atoms with Crippen molar-refractivity contribution < 1.29 is 62.3 Å². The number of nitrogens with one attached hydrogen (secondary N) is 2. The Balaban J connectivity index is 0.000000280. The third-order valence-electron chi connectivity index (χ3n) is 11.2. The Kier molecular flexibility index (Phi) is 30.0. The van der Waals surface area contributed by atoms with Crippen LogP contribution in [0, 0.1) is 0 Å². The van der Waals surface area contributed by atoms with Crippen molar-refractivity contribution in [2.75, 3.05) is 10.6 Å². The summed E-state index contributed by atoms with van der Waals surface area (Å²) >= 11 is 5.60. The van der Waals surface area contributed by atoms with Crippen LogP contribution in [0.2, 0.25) is 44.5 Å². The number of pyridine rings is 3. The summed E-state index contributed by atoms with van der Waals surface area (Å²) in [5.41, 5.74) is -5.40. The normalized spacial score (nSPS) is 12.3. The van der Waals surface area contributed by atoms with E-state index in [0.29, 0.717) is 31.6 Å². The summed E-state index contributed by atoms with van der Waals surface area (Å²) in [6.45, 7) is 2.72. The number of amides is 2. The fraction of sp³-hybridized carbons (Fsp3) is 0.293. The molecule has 2 N–H and O–H groups in total. The molecule has 482 valence electrons. The van der Waals surface area contributed by atoms with Crippen molar-refractivity contribution in [1.82, 2.24) is 44.5 Å². The van der Waals surface area contributed by atoms with Crippen LogP contribution in [0.15, 0.2) is 155 Å². The first-order chi connectivity index (χ1) is 41.8. The zero-order chi connectivity index (χ0) is 67.5. The van der Waals surface area contributed by atoms with Crippen LogP contribution in [0.4, 0.5) is 64.1 Å². The molecule has 0 spiro atoms. The van der Waals surface area contributed by atoms with E-state index < -0.39 is 134 Å². The van der Waals surface area contributed by atoms with E-state index in [9.17, 15) is 62.3 Å². The second-order valence-corrected chi connectivity index (χ2v) is 56.7. The standard InChI is InChI=1S/C22H15F6N5OS.C17H11BrF6N4OS.C5H4BrN.C5H4N.9CH3.3Sn/c1-12(15-6-5-13(21(23,24)25)8-16(15)22(26,27)28)33-11-14(9-31-33)32-19(34)18-10-30-20(35-18)17-4-2-3-7-29-17;1-8(11-3-2-9(16(19,20)21)4-12(11)17(22,23)24)28-7-10(5-26-28)27-14(29)13-6-25-15(18)30-13;6-5-3-1-2-4-7-5;1-2-4-6-5-3-1;;;;;;;;;;;;/h2-12H,1H3,(H,32,34);2-8H,1H3,(H,27,29);1-4H;1-4H;9*1H3;;;. The molecular formula is C58H61Br2F12N11O2S2Sn3. The Labute approximate surface area is 555 Å². The van der Waals surface area contributed by atoms with Gasteiger partial charge in [0.05, 0.1) is 76.2 Å². The predicted octanol–water partition coefficient (Wildman–Crippen LogP) is 18.5. The first kappa shape index (κ1) is 77.5. The molecular weight excluding hydrogens is 1690 g/mol. The number of benzene rings is 2. The Hall–Kier alpha value is -4.97. The average molecular weight is 1750 g/mol. The van der Waals surface area contributed by atoms with Crippen molar-refractivity contribution in [3.63, 3.8) is 0 Å². The molecule has 0 aliphatic rings. The SMILES string of the molecule is Brc1ccccn1.CC(c1ccc(C(F)(F)F)cc1C(F)(F)F)n1cc(NC(=O)c2cnc(-c3ccccn3)s2)cn1.CC(c1ccc(C(F)(F)F)cc1C(F)(F)F)n1cc(NC(=O)c2cnc(Br)s2)cn1.[CH3][Sn]([CH3])([CH3])[c]1ccccn1.[CH3][Sn]([CH3])[CH3].[CH3][Sn]([CH3])[CH3]. The summed E-state index contributed by atoms with van der Waals surface area (Å²) in [7, 11) is 0. The van der Waals surface area contributed by atoms with Gasteiger partial charge in [0.1, 0.15) is 19.4 Å². The van der Waals surface area contributed by atoms with Crippen LogP contribution in [0.25, 0.3) is 10.7 Å². The zero-order valence-corrected chi connectivity index (χ0v) is 63.3. The van der Waals surface area contributed by atoms with Crippen molar-refractivity contribution in [1.29, 1.82) is 0 Å². The van der Waals surface area contributed by atoms with Gasteiger partial charge in [0.2, 0.25) is 0 Å². The van der Waals surface area contributed by atoms with Gasteiger partial charge in [-0.3, -0.25) is 23.9 Å². The third kappa shape index (κ3) is 25.8. The van der Waals surface area contributed by atoms with Gasteiger partial charge in [0.25, 0.3) is 11.8 Å². The maximum absolute atomic E-state index is 13.5. The van der Waals surface area contributed by atoms with E-state index in [1.54, 1.807) is 30.6 Å². The molecule has 7 aromatic heterocycles. The van der Waals surface area contributed by atoms with Gasteiger partial charge < -0.3 is 10.6 Å². The number of thiazole rings is 2. The summed E-state index contributed by atoms with van der Waals surface area (Å²) in [4.78, 5) is 67.0. The summed E-state index contributed by atoms with van der Waals surface area (Å²) in [6, 6.07) is 18.0. The molecule has 7 heterocycles. The van der Waals surface area contributed by atoms with Gasteiger partial charge in [-0.25, -0.2) is 15.0 Å². The van der Waals surface area contributed by atoms with Crippen LogP contribution in [0.3, 0.4) is 0 Å². The summed E-state index contributed by atoms with van der Waals surface area (Å²) in [5, 5.41) is 13.5. The van der Waals surface area contributed by atoms with Crippen molar-refractivity contribution in [3.05, 3.63) is 198 Å². The molecule has 0 saturated heterocycles. The predicted molar refractivity (Wildman–Crippen MR) is 342 cm³/mol. The van der Waals surface area contributed by atoms with Crippen molar-refractivity contribution in [2.45, 2.75) is 95.1 Å². The van der Waals surface area contributed by atoms with E-state index in [1.807, 2.05) is 30.5 Å². The third-order valence-corrected chi connectivity index (χ3v) is 19.4. The Morgan fingerprint density at radius 1 is 0.522 bits per heavy atom. The number of anilines is 2. The monoisotopic (exact) mass is 1750 g/mol. The Morgan fingerprint density at radius 2 is 0.933 bits per heavy atom. The maximum atomic E-state index is 13.5. The molecule has 0 fully saturated rings. The first-order valence-electron chi connectivity index (χ1n) is 26.5. The molecule has 2 atom stereocenters. The van der Waals surface area contributed by atoms with E-state index in [4.69, 9.17) is 0 Å². The van der Waals surface area contributed by atoms with E-state index in [1.165, 1.54) is 54.7 Å². The topological polar surface area (TPSA) is 158 Å². The van der Waals surface area contributed by atoms with Crippen molar-refractivity contribution in [2.24, 2.45) is 0 Å². The number of rotatable bonds is 10. The fourth-order valence-corrected chi connectivity index (χ4v) is 12.3. The average Bonchev–Trinajstić information content (AvgIpc) is 1.33. The van der Waals surface area contributed by atoms with Gasteiger partial charge in [-0.2, -0.15) is 62.9 Å². The molecule has 0 bridgehead atoms. The summed E-state index contributed by atoms with van der Waals surface area (Å²) in [5.74, 6) is -1.00. The number of alkyl halides is 12. The number of aromatic nitrogens is 9. The van der Waals surface area contributed by atoms with Gasteiger partial charge in [0, 0.05) is 24.8 Å². The van der Waals surface area contributed by atoms with E-state index >= 15 is 0 Å². The molecule has 2 aromatic carbocycles. The van der Waals surface area contributed by atoms with Crippen molar-refractivity contribution >= 4 is 139 Å². The molecule has 32 heteroatoms. The molecule has 0 aliphatic heterocycles. The molecule has 2 radical (unpaired) electrons. The molecule has 13 nitrogen and oxygen atoms in total. The second-order valence-electron chi connectivity index (χ2n) is 21.1. The van der Waals surface area contributed by atoms with Crippen LogP contribution < -0.4 is 14.3 Å². The molecule has 0 aliphatic carbocycles. The van der Waals surface area contributed by atoms with Crippen LogP contribution in [0.5, 0.6) is 0 Å². The number of carbonyl (C=O) groups excluding carboxylic acids is 2. The number of hydrogen-bond acceptors (Lipinski definition) is 11. The van der Waals surface area contributed by atoms with Gasteiger partial charge in [-0.15, -0.1) is 22.7 Å². The quantitative estimate of drug-likeness (QED) is 0.0772. The molecule has 9 rings (SSSR count). The first-order valence-corrected chi connectivity index (χ1v) is 56.9. The van der Waals surface area contributed by atoms with Crippen LogP contribution in [-0.4, -0.2) is 114 Å². The van der Waals surface area contributed by atoms with Gasteiger partial charge in [-0.1, -0.05) is 24.3 Å². The summed E-state index contributed by atoms with van der Waals surface area (Å²) < 4.78 is 163. The minimum atomic E-state index is -5.01. The van der Waals surface area contributed by atoms with Crippen LogP contribution in [0.1, 0.15) is 78.7 Å². The number of carbonyl (C=O) groups is 2. The Bertz CT molecular complexity index is 3670. The van der Waals surface area contributed by atoms with Gasteiger partial charge >= 0.3 is 160 Å². The molecule has 90 heavy (non-hydrogen) atoms. The summed E-state index contributed by atoms with van der Waals surface area (Å²) in [6.07, 6.45) is -6.86. The van der Waals surface area contributed by atoms with Gasteiger partial charge in [0.15, 0.2) is 3.92 Å². The minimum absolute atomic E-state index is 0.0830. The zero-order valence-electron chi connectivity index (χ0n) is 50.0. The van der Waals surface area contributed by atoms with Crippen LogP contribution >= 0.6 is 54.5 Å². The molecule has 9 aromatic rings. The number of nitrogens with zero attached hydrogens (tertiary/aromatic N) is 9. The van der Waals surface area contributed by atoms with Gasteiger partial charge in [-0.05, 0) is 105 Å². The molecule has 2 amide bonds.